The highest BCUT2D eigenvalue weighted by Crippen LogP contribution is 2.24. The molecule has 0 aliphatic rings. The fraction of sp³-hybridized carbons (Fsp3) is 0.630. The van der Waals surface area contributed by atoms with E-state index in [9.17, 15) is 19.2 Å². The molecule has 0 aliphatic heterocycles. The van der Waals surface area contributed by atoms with Crippen molar-refractivity contribution in [3.63, 3.8) is 0 Å². The Bertz CT molecular complexity index is 791. The van der Waals surface area contributed by atoms with E-state index < -0.39 is 30.0 Å². The lowest BCUT2D eigenvalue weighted by molar-refractivity contribution is -0.154. The minimum absolute atomic E-state index is 0.0723. The average Bonchev–Trinajstić information content (AvgIpc) is 2.80. The Kier molecular flexibility index (Phi) is 15.1. The van der Waals surface area contributed by atoms with Crippen LogP contribution in [0.25, 0.3) is 0 Å². The maximum absolute atomic E-state index is 12.3. The number of amides is 1. The molecular weight excluding hydrogens is 450 g/mol. The molecule has 0 saturated carbocycles. The summed E-state index contributed by atoms with van der Waals surface area (Å²) in [5.41, 5.74) is 2.15. The van der Waals surface area contributed by atoms with Gasteiger partial charge in [-0.2, -0.15) is 0 Å². The van der Waals surface area contributed by atoms with Gasteiger partial charge in [-0.3, -0.25) is 14.4 Å². The van der Waals surface area contributed by atoms with Gasteiger partial charge in [0.2, 0.25) is 5.91 Å². The zero-order valence-corrected chi connectivity index (χ0v) is 21.6. The number of esters is 3. The van der Waals surface area contributed by atoms with Gasteiger partial charge in [-0.25, -0.2) is 4.79 Å². The van der Waals surface area contributed by atoms with E-state index >= 15 is 0 Å². The van der Waals surface area contributed by atoms with Gasteiger partial charge in [-0.1, -0.05) is 63.3 Å². The Morgan fingerprint density at radius 3 is 2.09 bits per heavy atom. The normalized spacial score (nSPS) is 12.3. The number of aryl methyl sites for hydroxylation is 1. The Labute approximate surface area is 209 Å². The number of hydrogen-bond donors (Lipinski definition) is 1. The highest BCUT2D eigenvalue weighted by molar-refractivity contribution is 5.83. The molecule has 0 heterocycles. The molecule has 8 nitrogen and oxygen atoms in total. The number of benzene rings is 1. The van der Waals surface area contributed by atoms with E-state index in [0.717, 1.165) is 12.0 Å². The zero-order valence-electron chi connectivity index (χ0n) is 21.6. The third-order valence-electron chi connectivity index (χ3n) is 5.45. The SMILES string of the molecule is CCCCCCCCc1ccc(C(CCCOC(=O)C(COC(C)=O)NC(C)=O)OC(C)=O)cc1. The second kappa shape index (κ2) is 17.5. The van der Waals surface area contributed by atoms with Crippen LogP contribution in [0.5, 0.6) is 0 Å². The quantitative estimate of drug-likeness (QED) is 0.193. The lowest BCUT2D eigenvalue weighted by Crippen LogP contribution is -2.44. The molecule has 1 rings (SSSR count). The van der Waals surface area contributed by atoms with Crippen molar-refractivity contribution in [2.75, 3.05) is 13.2 Å². The van der Waals surface area contributed by atoms with Gasteiger partial charge in [0.15, 0.2) is 6.04 Å². The van der Waals surface area contributed by atoms with Gasteiger partial charge in [0.1, 0.15) is 12.7 Å². The molecule has 0 bridgehead atoms. The van der Waals surface area contributed by atoms with Crippen molar-refractivity contribution in [1.82, 2.24) is 5.32 Å². The van der Waals surface area contributed by atoms with E-state index in [1.165, 1.54) is 64.9 Å². The van der Waals surface area contributed by atoms with Gasteiger partial charge in [-0.15, -0.1) is 0 Å². The molecule has 0 aliphatic carbocycles. The van der Waals surface area contributed by atoms with Gasteiger partial charge < -0.3 is 19.5 Å². The molecule has 2 atom stereocenters. The van der Waals surface area contributed by atoms with E-state index in [1.807, 2.05) is 12.1 Å². The second-order valence-electron chi connectivity index (χ2n) is 8.72. The number of rotatable bonds is 17. The minimum atomic E-state index is -1.07. The number of nitrogens with one attached hydrogen (secondary N) is 1. The Balaban J connectivity index is 2.54. The molecular formula is C27H41NO7. The van der Waals surface area contributed by atoms with Crippen LogP contribution in [0.15, 0.2) is 24.3 Å². The predicted octanol–water partition coefficient (Wildman–Crippen LogP) is 4.59. The highest BCUT2D eigenvalue weighted by Gasteiger charge is 2.23. The number of hydrogen-bond acceptors (Lipinski definition) is 7. The molecule has 35 heavy (non-hydrogen) atoms. The highest BCUT2D eigenvalue weighted by atomic mass is 16.6. The summed E-state index contributed by atoms with van der Waals surface area (Å²) in [5.74, 6) is -2.07. The summed E-state index contributed by atoms with van der Waals surface area (Å²) in [6.45, 7) is 5.84. The first-order valence-corrected chi connectivity index (χ1v) is 12.6. The van der Waals surface area contributed by atoms with Crippen LogP contribution in [0.3, 0.4) is 0 Å². The van der Waals surface area contributed by atoms with Crippen LogP contribution in [-0.2, 0) is 39.8 Å². The fourth-order valence-corrected chi connectivity index (χ4v) is 3.66. The predicted molar refractivity (Wildman–Crippen MR) is 132 cm³/mol. The first-order chi connectivity index (χ1) is 16.7. The number of carbonyl (C=O) groups is 4. The lowest BCUT2D eigenvalue weighted by atomic mass is 10.00. The first-order valence-electron chi connectivity index (χ1n) is 12.6. The van der Waals surface area contributed by atoms with Crippen LogP contribution >= 0.6 is 0 Å². The van der Waals surface area contributed by atoms with E-state index in [-0.39, 0.29) is 19.2 Å². The van der Waals surface area contributed by atoms with E-state index in [1.54, 1.807) is 0 Å². The number of carbonyl (C=O) groups excluding carboxylic acids is 4. The summed E-state index contributed by atoms with van der Waals surface area (Å²) in [6, 6.07) is 7.05. The molecule has 0 saturated heterocycles. The van der Waals surface area contributed by atoms with Gasteiger partial charge in [-0.05, 0) is 36.8 Å². The molecule has 0 spiro atoms. The molecule has 2 unspecified atom stereocenters. The minimum Gasteiger partial charge on any atom is -0.464 e. The summed E-state index contributed by atoms with van der Waals surface area (Å²) < 4.78 is 15.5. The molecule has 1 amide bonds. The summed E-state index contributed by atoms with van der Waals surface area (Å²) >= 11 is 0. The largest absolute Gasteiger partial charge is 0.464 e. The van der Waals surface area contributed by atoms with Crippen molar-refractivity contribution in [2.45, 2.75) is 97.6 Å². The third kappa shape index (κ3) is 14.2. The maximum Gasteiger partial charge on any atom is 0.332 e. The van der Waals surface area contributed by atoms with Crippen molar-refractivity contribution in [1.29, 1.82) is 0 Å². The Morgan fingerprint density at radius 1 is 0.829 bits per heavy atom. The van der Waals surface area contributed by atoms with Crippen LogP contribution in [0.1, 0.15) is 96.3 Å². The average molecular weight is 492 g/mol. The van der Waals surface area contributed by atoms with Gasteiger partial charge in [0.05, 0.1) is 6.61 Å². The van der Waals surface area contributed by atoms with Crippen LogP contribution in [0.4, 0.5) is 0 Å². The van der Waals surface area contributed by atoms with E-state index in [4.69, 9.17) is 14.2 Å². The molecule has 196 valence electrons. The van der Waals surface area contributed by atoms with Crippen molar-refractivity contribution >= 4 is 23.8 Å². The van der Waals surface area contributed by atoms with Crippen LogP contribution in [0.2, 0.25) is 0 Å². The smallest absolute Gasteiger partial charge is 0.332 e. The molecule has 8 heteroatoms. The van der Waals surface area contributed by atoms with Crippen LogP contribution in [0, 0.1) is 0 Å². The molecule has 0 radical (unpaired) electrons. The van der Waals surface area contributed by atoms with Gasteiger partial charge in [0, 0.05) is 20.8 Å². The summed E-state index contributed by atoms with van der Waals surface area (Å²) in [6.07, 6.45) is 9.04. The van der Waals surface area contributed by atoms with E-state index in [2.05, 4.69) is 24.4 Å². The lowest BCUT2D eigenvalue weighted by Gasteiger charge is -2.19. The molecule has 1 N–H and O–H groups in total. The van der Waals surface area contributed by atoms with Crippen molar-refractivity contribution in [2.24, 2.45) is 0 Å². The summed E-state index contributed by atoms with van der Waals surface area (Å²) in [5, 5.41) is 2.41. The standard InChI is InChI=1S/C27H41NO7/c1-5-6-7-8-9-10-12-23-14-16-24(17-15-23)26(35-22(4)31)13-11-18-33-27(32)25(28-20(2)29)19-34-21(3)30/h14-17,25-26H,5-13,18-19H2,1-4H3,(H,28,29). The number of unbranched alkanes of at least 4 members (excludes halogenated alkanes) is 5. The monoisotopic (exact) mass is 491 g/mol. The Morgan fingerprint density at radius 2 is 1.49 bits per heavy atom. The molecule has 1 aromatic rings. The fourth-order valence-electron chi connectivity index (χ4n) is 3.66. The summed E-state index contributed by atoms with van der Waals surface area (Å²) in [4.78, 5) is 46.2. The topological polar surface area (TPSA) is 108 Å². The van der Waals surface area contributed by atoms with E-state index in [0.29, 0.717) is 12.8 Å². The Hall–Kier alpha value is -2.90. The summed E-state index contributed by atoms with van der Waals surface area (Å²) in [7, 11) is 0. The molecule has 0 fully saturated rings. The van der Waals surface area contributed by atoms with Gasteiger partial charge in [0.25, 0.3) is 0 Å². The molecule has 0 aromatic heterocycles. The van der Waals surface area contributed by atoms with Crippen molar-refractivity contribution in [3.05, 3.63) is 35.4 Å². The zero-order chi connectivity index (χ0) is 26.1. The first kappa shape index (κ1) is 30.1. The van der Waals surface area contributed by atoms with Crippen LogP contribution in [-0.4, -0.2) is 43.1 Å². The number of ether oxygens (including phenoxy) is 3. The third-order valence-corrected chi connectivity index (χ3v) is 5.45. The van der Waals surface area contributed by atoms with Crippen LogP contribution < -0.4 is 5.32 Å². The van der Waals surface area contributed by atoms with Crippen molar-refractivity contribution < 1.29 is 33.4 Å². The van der Waals surface area contributed by atoms with Gasteiger partial charge >= 0.3 is 17.9 Å². The maximum atomic E-state index is 12.3. The van der Waals surface area contributed by atoms with Crippen molar-refractivity contribution in [3.8, 4) is 0 Å². The second-order valence-corrected chi connectivity index (χ2v) is 8.72. The molecule has 1 aromatic carbocycles.